The minimum absolute atomic E-state index is 0.129. The molecule has 0 spiro atoms. The molecule has 0 atom stereocenters. The molecule has 5 heteroatoms. The van der Waals surface area contributed by atoms with Gasteiger partial charge in [-0.25, -0.2) is 4.79 Å². The summed E-state index contributed by atoms with van der Waals surface area (Å²) in [7, 11) is 0. The van der Waals surface area contributed by atoms with E-state index in [9.17, 15) is 4.79 Å². The molecule has 0 saturated carbocycles. The zero-order valence-electron chi connectivity index (χ0n) is 10.6. The second-order valence-corrected chi connectivity index (χ2v) is 4.19. The van der Waals surface area contributed by atoms with Crippen LogP contribution in [-0.4, -0.2) is 16.1 Å². The number of fused-ring (bicyclic) bond motifs is 1. The lowest BCUT2D eigenvalue weighted by atomic mass is 10.2. The number of aromatic amines is 1. The normalized spacial score (nSPS) is 10.4. The van der Waals surface area contributed by atoms with Gasteiger partial charge in [-0.1, -0.05) is 42.5 Å². The first-order valence-corrected chi connectivity index (χ1v) is 6.14. The molecule has 20 heavy (non-hydrogen) atoms. The fraction of sp³-hybridized carbons (Fsp3) is 0.0667. The standard InChI is InChI=1S/C15H12N2O3/c18-15(19-10-11-6-2-1-3-7-11)20-14-16-12-8-4-5-9-13(12)17-14/h1-9H,10H2,(H,16,17). The molecule has 0 saturated heterocycles. The monoisotopic (exact) mass is 268 g/mol. The summed E-state index contributed by atoms with van der Waals surface area (Å²) in [6.45, 7) is 0.167. The zero-order chi connectivity index (χ0) is 13.8. The number of nitrogens with zero attached hydrogens (tertiary/aromatic N) is 1. The Hall–Kier alpha value is -2.82. The van der Waals surface area contributed by atoms with Gasteiger partial charge in [0.15, 0.2) is 0 Å². The van der Waals surface area contributed by atoms with Crippen LogP contribution in [0, 0.1) is 0 Å². The number of rotatable bonds is 3. The van der Waals surface area contributed by atoms with E-state index in [4.69, 9.17) is 9.47 Å². The highest BCUT2D eigenvalue weighted by molar-refractivity contribution is 5.76. The molecule has 5 nitrogen and oxygen atoms in total. The Morgan fingerprint density at radius 1 is 1.05 bits per heavy atom. The SMILES string of the molecule is O=C(OCc1ccccc1)Oc1nc2ccccc2[nH]1. The predicted octanol–water partition coefficient (Wildman–Crippen LogP) is 3.28. The molecule has 0 aliphatic rings. The quantitative estimate of drug-likeness (QED) is 0.740. The van der Waals surface area contributed by atoms with Crippen LogP contribution in [0.4, 0.5) is 4.79 Å². The van der Waals surface area contributed by atoms with E-state index in [0.29, 0.717) is 0 Å². The first-order chi connectivity index (χ1) is 9.81. The molecule has 1 aromatic heterocycles. The largest absolute Gasteiger partial charge is 0.516 e. The van der Waals surface area contributed by atoms with Crippen molar-refractivity contribution in [1.29, 1.82) is 0 Å². The number of hydrogen-bond acceptors (Lipinski definition) is 4. The van der Waals surface area contributed by atoms with E-state index in [1.54, 1.807) is 0 Å². The molecule has 0 aliphatic carbocycles. The molecular weight excluding hydrogens is 256 g/mol. The van der Waals surface area contributed by atoms with Gasteiger partial charge in [0.2, 0.25) is 0 Å². The van der Waals surface area contributed by atoms with Crippen molar-refractivity contribution in [3.63, 3.8) is 0 Å². The molecule has 1 heterocycles. The van der Waals surface area contributed by atoms with E-state index in [-0.39, 0.29) is 12.6 Å². The second kappa shape index (κ2) is 5.44. The number of aromatic nitrogens is 2. The molecular formula is C15H12N2O3. The summed E-state index contributed by atoms with van der Waals surface area (Å²) in [6, 6.07) is 16.9. The maximum Gasteiger partial charge on any atom is 0.516 e. The van der Waals surface area contributed by atoms with Gasteiger partial charge in [0.25, 0.3) is 0 Å². The Bertz CT molecular complexity index is 689. The van der Waals surface area contributed by atoms with Crippen molar-refractivity contribution in [3.8, 4) is 6.01 Å². The average Bonchev–Trinajstić information content (AvgIpc) is 2.88. The van der Waals surface area contributed by atoms with Crippen molar-refractivity contribution in [2.45, 2.75) is 6.61 Å². The van der Waals surface area contributed by atoms with Gasteiger partial charge in [-0.3, -0.25) is 0 Å². The molecule has 3 aromatic rings. The van der Waals surface area contributed by atoms with Crippen molar-refractivity contribution in [2.24, 2.45) is 0 Å². The lowest BCUT2D eigenvalue weighted by Crippen LogP contribution is -2.11. The Morgan fingerprint density at radius 3 is 2.60 bits per heavy atom. The van der Waals surface area contributed by atoms with Crippen LogP contribution >= 0.6 is 0 Å². The summed E-state index contributed by atoms with van der Waals surface area (Å²) >= 11 is 0. The summed E-state index contributed by atoms with van der Waals surface area (Å²) < 4.78 is 10.0. The second-order valence-electron chi connectivity index (χ2n) is 4.19. The van der Waals surface area contributed by atoms with Crippen LogP contribution in [-0.2, 0) is 11.3 Å². The highest BCUT2D eigenvalue weighted by Gasteiger charge is 2.10. The van der Waals surface area contributed by atoms with Gasteiger partial charge in [-0.2, -0.15) is 4.98 Å². The van der Waals surface area contributed by atoms with E-state index in [0.717, 1.165) is 16.6 Å². The summed E-state index contributed by atoms with van der Waals surface area (Å²) in [5.74, 6) is 0. The molecule has 1 N–H and O–H groups in total. The summed E-state index contributed by atoms with van der Waals surface area (Å²) in [5.41, 5.74) is 2.44. The van der Waals surface area contributed by atoms with E-state index in [1.807, 2.05) is 54.6 Å². The van der Waals surface area contributed by atoms with Gasteiger partial charge in [0.1, 0.15) is 6.61 Å². The van der Waals surface area contributed by atoms with Crippen molar-refractivity contribution >= 4 is 17.2 Å². The van der Waals surface area contributed by atoms with Crippen molar-refractivity contribution in [2.75, 3.05) is 0 Å². The fourth-order valence-electron chi connectivity index (χ4n) is 1.80. The Morgan fingerprint density at radius 2 is 1.80 bits per heavy atom. The fourth-order valence-corrected chi connectivity index (χ4v) is 1.80. The minimum atomic E-state index is -0.784. The van der Waals surface area contributed by atoms with Crippen LogP contribution < -0.4 is 4.74 Å². The molecule has 2 aromatic carbocycles. The molecule has 0 aliphatic heterocycles. The van der Waals surface area contributed by atoms with Crippen molar-refractivity contribution < 1.29 is 14.3 Å². The number of nitrogens with one attached hydrogen (secondary N) is 1. The van der Waals surface area contributed by atoms with Crippen LogP contribution in [0.3, 0.4) is 0 Å². The minimum Gasteiger partial charge on any atom is -0.429 e. The van der Waals surface area contributed by atoms with Gasteiger partial charge >= 0.3 is 12.2 Å². The summed E-state index contributed by atoms with van der Waals surface area (Å²) in [6.07, 6.45) is -0.784. The third kappa shape index (κ3) is 2.77. The lowest BCUT2D eigenvalue weighted by Gasteiger charge is -2.03. The first kappa shape index (κ1) is 12.2. The lowest BCUT2D eigenvalue weighted by molar-refractivity contribution is 0.0900. The van der Waals surface area contributed by atoms with Gasteiger partial charge in [-0.15, -0.1) is 0 Å². The number of para-hydroxylation sites is 2. The van der Waals surface area contributed by atoms with Crippen LogP contribution in [0.5, 0.6) is 6.01 Å². The number of benzene rings is 2. The van der Waals surface area contributed by atoms with Crippen molar-refractivity contribution in [1.82, 2.24) is 9.97 Å². The van der Waals surface area contributed by atoms with E-state index < -0.39 is 6.16 Å². The third-order valence-electron chi connectivity index (χ3n) is 2.75. The van der Waals surface area contributed by atoms with Gasteiger partial charge in [0, 0.05) is 0 Å². The number of carbonyl (C=O) groups is 1. The van der Waals surface area contributed by atoms with Gasteiger partial charge in [-0.05, 0) is 17.7 Å². The smallest absolute Gasteiger partial charge is 0.429 e. The zero-order valence-corrected chi connectivity index (χ0v) is 10.6. The molecule has 0 fully saturated rings. The van der Waals surface area contributed by atoms with Crippen LogP contribution in [0.25, 0.3) is 11.0 Å². The summed E-state index contributed by atoms with van der Waals surface area (Å²) in [5, 5.41) is 0. The first-order valence-electron chi connectivity index (χ1n) is 6.14. The van der Waals surface area contributed by atoms with E-state index in [1.165, 1.54) is 0 Å². The summed E-state index contributed by atoms with van der Waals surface area (Å²) in [4.78, 5) is 18.6. The number of H-pyrrole nitrogens is 1. The highest BCUT2D eigenvalue weighted by atomic mass is 16.7. The number of carbonyl (C=O) groups excluding carboxylic acids is 1. The van der Waals surface area contributed by atoms with Crippen molar-refractivity contribution in [3.05, 3.63) is 60.2 Å². The maximum atomic E-state index is 11.6. The molecule has 0 unspecified atom stereocenters. The molecule has 0 amide bonds. The number of hydrogen-bond donors (Lipinski definition) is 1. The molecule has 0 radical (unpaired) electrons. The Labute approximate surface area is 115 Å². The maximum absolute atomic E-state index is 11.6. The van der Waals surface area contributed by atoms with Gasteiger partial charge in [0.05, 0.1) is 11.0 Å². The third-order valence-corrected chi connectivity index (χ3v) is 2.75. The molecule has 3 rings (SSSR count). The predicted molar refractivity (Wildman–Crippen MR) is 73.3 cm³/mol. The topological polar surface area (TPSA) is 64.2 Å². The molecule has 0 bridgehead atoms. The average molecular weight is 268 g/mol. The molecule has 100 valence electrons. The highest BCUT2D eigenvalue weighted by Crippen LogP contribution is 2.15. The van der Waals surface area contributed by atoms with E-state index >= 15 is 0 Å². The van der Waals surface area contributed by atoms with Gasteiger partial charge < -0.3 is 14.5 Å². The van der Waals surface area contributed by atoms with Crippen LogP contribution in [0.1, 0.15) is 5.56 Å². The Balaban J connectivity index is 1.61. The number of ether oxygens (including phenoxy) is 2. The Kier molecular flexibility index (Phi) is 3.33. The van der Waals surface area contributed by atoms with E-state index in [2.05, 4.69) is 9.97 Å². The van der Waals surface area contributed by atoms with Crippen LogP contribution in [0.15, 0.2) is 54.6 Å². The van der Waals surface area contributed by atoms with Crippen LogP contribution in [0.2, 0.25) is 0 Å². The number of imidazole rings is 1.